The number of nitrogens with zero attached hydrogens (tertiary/aromatic N) is 4. The van der Waals surface area contributed by atoms with Gasteiger partial charge in [0.05, 0.1) is 11.5 Å². The van der Waals surface area contributed by atoms with Crippen LogP contribution in [0.15, 0.2) is 54.6 Å². The predicted molar refractivity (Wildman–Crippen MR) is 107 cm³/mol. The van der Waals surface area contributed by atoms with Gasteiger partial charge in [-0.1, -0.05) is 48.0 Å². The smallest absolute Gasteiger partial charge is 0.306 e. The molecule has 0 unspecified atom stereocenters. The molecule has 3 aromatic rings. The Labute approximate surface area is 163 Å². The summed E-state index contributed by atoms with van der Waals surface area (Å²) in [5, 5.41) is 15.4. The lowest BCUT2D eigenvalue weighted by atomic mass is 10.1. The van der Waals surface area contributed by atoms with Crippen LogP contribution in [0.2, 0.25) is 0 Å². The Hall–Kier alpha value is -3.48. The molecule has 0 atom stereocenters. The van der Waals surface area contributed by atoms with Crippen molar-refractivity contribution >= 4 is 17.3 Å². The molecule has 0 bridgehead atoms. The third-order valence-electron chi connectivity index (χ3n) is 4.64. The van der Waals surface area contributed by atoms with Crippen molar-refractivity contribution in [3.63, 3.8) is 0 Å². The van der Waals surface area contributed by atoms with Gasteiger partial charge in [-0.05, 0) is 38.5 Å². The molecule has 1 amide bonds. The Kier molecular flexibility index (Phi) is 5.54. The van der Waals surface area contributed by atoms with Crippen LogP contribution in [0.3, 0.4) is 0 Å². The zero-order valence-corrected chi connectivity index (χ0v) is 16.1. The standard InChI is InChI=1S/C21H22N4O3/c1-15-9-11-19(12-10-15)23(13-18-7-5-4-6-8-18)20(26)14-24-17(3)21(25(27)28)16(2)22-24/h4-12H,13-14H2,1-3H3. The summed E-state index contributed by atoms with van der Waals surface area (Å²) >= 11 is 0. The molecule has 0 saturated carbocycles. The molecule has 0 spiro atoms. The molecule has 0 aliphatic heterocycles. The number of hydrogen-bond acceptors (Lipinski definition) is 4. The number of carbonyl (C=O) groups excluding carboxylic acids is 1. The van der Waals surface area contributed by atoms with Gasteiger partial charge in [0, 0.05) is 5.69 Å². The molecule has 7 heteroatoms. The summed E-state index contributed by atoms with van der Waals surface area (Å²) in [6.45, 7) is 5.51. The number of rotatable bonds is 6. The van der Waals surface area contributed by atoms with E-state index in [0.29, 0.717) is 17.9 Å². The number of amides is 1. The first-order valence-corrected chi connectivity index (χ1v) is 8.96. The van der Waals surface area contributed by atoms with Crippen LogP contribution in [0.5, 0.6) is 0 Å². The molecular formula is C21H22N4O3. The van der Waals surface area contributed by atoms with Crippen LogP contribution < -0.4 is 4.90 Å². The minimum atomic E-state index is -0.458. The summed E-state index contributed by atoms with van der Waals surface area (Å²) < 4.78 is 1.40. The monoisotopic (exact) mass is 378 g/mol. The summed E-state index contributed by atoms with van der Waals surface area (Å²) in [7, 11) is 0. The van der Waals surface area contributed by atoms with Gasteiger partial charge in [-0.15, -0.1) is 0 Å². The molecular weight excluding hydrogens is 356 g/mol. The highest BCUT2D eigenvalue weighted by Crippen LogP contribution is 2.23. The molecule has 0 N–H and O–H groups in total. The van der Waals surface area contributed by atoms with Crippen molar-refractivity contribution < 1.29 is 9.72 Å². The summed E-state index contributed by atoms with van der Waals surface area (Å²) in [4.78, 5) is 25.6. The van der Waals surface area contributed by atoms with Crippen molar-refractivity contribution in [2.45, 2.75) is 33.9 Å². The summed E-state index contributed by atoms with van der Waals surface area (Å²) in [6.07, 6.45) is 0. The molecule has 3 rings (SSSR count). The Bertz CT molecular complexity index is 994. The number of hydrogen-bond donors (Lipinski definition) is 0. The number of aryl methyl sites for hydroxylation is 2. The topological polar surface area (TPSA) is 81.3 Å². The minimum absolute atomic E-state index is 0.0438. The maximum atomic E-state index is 13.1. The van der Waals surface area contributed by atoms with E-state index in [2.05, 4.69) is 5.10 Å². The van der Waals surface area contributed by atoms with Gasteiger partial charge in [0.25, 0.3) is 0 Å². The average molecular weight is 378 g/mol. The lowest BCUT2D eigenvalue weighted by molar-refractivity contribution is -0.386. The molecule has 144 valence electrons. The van der Waals surface area contributed by atoms with Gasteiger partial charge < -0.3 is 4.90 Å². The van der Waals surface area contributed by atoms with Crippen molar-refractivity contribution in [3.05, 3.63) is 87.2 Å². The second-order valence-corrected chi connectivity index (χ2v) is 6.74. The van der Waals surface area contributed by atoms with Gasteiger partial charge >= 0.3 is 5.69 Å². The second kappa shape index (κ2) is 8.04. The van der Waals surface area contributed by atoms with Crippen LogP contribution >= 0.6 is 0 Å². The SMILES string of the molecule is Cc1ccc(N(Cc2ccccc2)C(=O)Cn2nc(C)c([N+](=O)[O-])c2C)cc1. The van der Waals surface area contributed by atoms with Crippen molar-refractivity contribution in [2.75, 3.05) is 4.90 Å². The molecule has 0 aliphatic carbocycles. The van der Waals surface area contributed by atoms with Crippen LogP contribution in [0.1, 0.15) is 22.5 Å². The van der Waals surface area contributed by atoms with Crippen molar-refractivity contribution in [1.82, 2.24) is 9.78 Å². The Balaban J connectivity index is 1.91. The van der Waals surface area contributed by atoms with E-state index in [4.69, 9.17) is 0 Å². The summed E-state index contributed by atoms with van der Waals surface area (Å²) in [5.41, 5.74) is 3.51. The molecule has 0 aliphatic rings. The van der Waals surface area contributed by atoms with E-state index in [1.165, 1.54) is 4.68 Å². The first-order valence-electron chi connectivity index (χ1n) is 8.96. The van der Waals surface area contributed by atoms with Gasteiger partial charge in [0.2, 0.25) is 5.91 Å². The fourth-order valence-corrected chi connectivity index (χ4v) is 3.13. The Morgan fingerprint density at radius 3 is 2.29 bits per heavy atom. The van der Waals surface area contributed by atoms with Gasteiger partial charge in [-0.25, -0.2) is 0 Å². The van der Waals surface area contributed by atoms with E-state index < -0.39 is 4.92 Å². The maximum Gasteiger partial charge on any atom is 0.312 e. The first kappa shape index (κ1) is 19.3. The van der Waals surface area contributed by atoms with Crippen LogP contribution in [-0.2, 0) is 17.9 Å². The van der Waals surface area contributed by atoms with E-state index >= 15 is 0 Å². The fraction of sp³-hybridized carbons (Fsp3) is 0.238. The molecule has 0 radical (unpaired) electrons. The van der Waals surface area contributed by atoms with E-state index in [1.54, 1.807) is 18.7 Å². The largest absolute Gasteiger partial charge is 0.312 e. The zero-order valence-electron chi connectivity index (χ0n) is 16.1. The highest BCUT2D eigenvalue weighted by molar-refractivity contribution is 5.93. The minimum Gasteiger partial charge on any atom is -0.306 e. The van der Waals surface area contributed by atoms with E-state index in [9.17, 15) is 14.9 Å². The Morgan fingerprint density at radius 1 is 1.07 bits per heavy atom. The normalized spacial score (nSPS) is 10.7. The highest BCUT2D eigenvalue weighted by Gasteiger charge is 2.25. The third-order valence-corrected chi connectivity index (χ3v) is 4.64. The molecule has 1 heterocycles. The lowest BCUT2D eigenvalue weighted by Gasteiger charge is -2.23. The van der Waals surface area contributed by atoms with E-state index in [1.807, 2.05) is 61.5 Å². The predicted octanol–water partition coefficient (Wildman–Crippen LogP) is 3.95. The van der Waals surface area contributed by atoms with Gasteiger partial charge in [0.1, 0.15) is 17.9 Å². The number of anilines is 1. The molecule has 0 fully saturated rings. The molecule has 7 nitrogen and oxygen atoms in total. The summed E-state index contributed by atoms with van der Waals surface area (Å²) in [5.74, 6) is -0.187. The number of carbonyl (C=O) groups is 1. The second-order valence-electron chi connectivity index (χ2n) is 6.74. The van der Waals surface area contributed by atoms with Crippen LogP contribution in [0.25, 0.3) is 0 Å². The number of nitro groups is 1. The van der Waals surface area contributed by atoms with Crippen LogP contribution in [-0.4, -0.2) is 20.6 Å². The van der Waals surface area contributed by atoms with Gasteiger partial charge in [-0.3, -0.25) is 19.6 Å². The fourth-order valence-electron chi connectivity index (χ4n) is 3.13. The first-order chi connectivity index (χ1) is 13.4. The molecule has 1 aromatic heterocycles. The van der Waals surface area contributed by atoms with E-state index in [0.717, 1.165) is 16.8 Å². The van der Waals surface area contributed by atoms with Crippen LogP contribution in [0.4, 0.5) is 11.4 Å². The highest BCUT2D eigenvalue weighted by atomic mass is 16.6. The molecule has 2 aromatic carbocycles. The average Bonchev–Trinajstić information content (AvgIpc) is 2.94. The zero-order chi connectivity index (χ0) is 20.3. The Morgan fingerprint density at radius 2 is 1.71 bits per heavy atom. The quantitative estimate of drug-likeness (QED) is 0.480. The summed E-state index contributed by atoms with van der Waals surface area (Å²) in [6, 6.07) is 17.4. The lowest BCUT2D eigenvalue weighted by Crippen LogP contribution is -2.34. The van der Waals surface area contributed by atoms with Gasteiger partial charge in [-0.2, -0.15) is 5.10 Å². The third kappa shape index (κ3) is 4.09. The molecule has 28 heavy (non-hydrogen) atoms. The van der Waals surface area contributed by atoms with Crippen LogP contribution in [0, 0.1) is 30.9 Å². The van der Waals surface area contributed by atoms with Crippen molar-refractivity contribution in [1.29, 1.82) is 0 Å². The number of aromatic nitrogens is 2. The maximum absolute atomic E-state index is 13.1. The molecule has 0 saturated heterocycles. The van der Waals surface area contributed by atoms with E-state index in [-0.39, 0.29) is 18.1 Å². The van der Waals surface area contributed by atoms with Crippen molar-refractivity contribution in [3.8, 4) is 0 Å². The number of benzene rings is 2. The van der Waals surface area contributed by atoms with Crippen molar-refractivity contribution in [2.24, 2.45) is 0 Å². The van der Waals surface area contributed by atoms with Gasteiger partial charge in [0.15, 0.2) is 0 Å².